The number of aromatic amines is 1. The van der Waals surface area contributed by atoms with Gasteiger partial charge in [0.05, 0.1) is 5.71 Å². The summed E-state index contributed by atoms with van der Waals surface area (Å²) in [4.78, 5) is 3.22. The largest absolute Gasteiger partial charge is 0.364 e. The van der Waals surface area contributed by atoms with Crippen LogP contribution < -0.4 is 10.7 Å². The third-order valence-electron chi connectivity index (χ3n) is 4.39. The van der Waals surface area contributed by atoms with Crippen molar-refractivity contribution < 1.29 is 0 Å². The number of thiocarbonyl (C=S) groups is 1. The molecule has 2 atom stereocenters. The van der Waals surface area contributed by atoms with Crippen molar-refractivity contribution in [1.29, 1.82) is 0 Å². The molecule has 116 valence electrons. The van der Waals surface area contributed by atoms with Gasteiger partial charge in [-0.05, 0) is 57.3 Å². The van der Waals surface area contributed by atoms with Gasteiger partial charge in [0.1, 0.15) is 0 Å². The molecule has 1 aliphatic rings. The molecule has 2 rings (SSSR count). The molecule has 0 amide bonds. The smallest absolute Gasteiger partial charge is 0.187 e. The Hall–Kier alpha value is -1.36. The maximum Gasteiger partial charge on any atom is 0.187 e. The van der Waals surface area contributed by atoms with Crippen LogP contribution in [-0.2, 0) is 0 Å². The van der Waals surface area contributed by atoms with E-state index >= 15 is 0 Å². The quantitative estimate of drug-likeness (QED) is 0.456. The van der Waals surface area contributed by atoms with Gasteiger partial charge in [0.15, 0.2) is 5.11 Å². The van der Waals surface area contributed by atoms with E-state index in [1.54, 1.807) is 0 Å². The van der Waals surface area contributed by atoms with Crippen molar-refractivity contribution in [2.75, 3.05) is 0 Å². The van der Waals surface area contributed by atoms with Crippen LogP contribution in [0, 0.1) is 19.8 Å². The first-order valence-corrected chi connectivity index (χ1v) is 8.15. The van der Waals surface area contributed by atoms with Gasteiger partial charge in [-0.2, -0.15) is 5.10 Å². The summed E-state index contributed by atoms with van der Waals surface area (Å²) < 4.78 is 0. The molecule has 0 unspecified atom stereocenters. The molecular formula is C16H26N4S. The van der Waals surface area contributed by atoms with Crippen LogP contribution in [0.5, 0.6) is 0 Å². The summed E-state index contributed by atoms with van der Waals surface area (Å²) in [7, 11) is 0. The average molecular weight is 306 g/mol. The zero-order chi connectivity index (χ0) is 15.4. The Kier molecular flexibility index (Phi) is 5.39. The van der Waals surface area contributed by atoms with Gasteiger partial charge < -0.3 is 10.3 Å². The SMILES string of the molecule is C/C(=N\NC(=S)N[C@@H]1CCCC[C@H]1C)c1c(C)c[nH]c1C. The van der Waals surface area contributed by atoms with E-state index in [1.807, 2.05) is 13.1 Å². The third-order valence-corrected chi connectivity index (χ3v) is 4.60. The highest BCUT2D eigenvalue weighted by Crippen LogP contribution is 2.23. The van der Waals surface area contributed by atoms with Crippen LogP contribution in [0.15, 0.2) is 11.3 Å². The molecule has 3 N–H and O–H groups in total. The Balaban J connectivity index is 1.92. The van der Waals surface area contributed by atoms with Crippen LogP contribution in [0.3, 0.4) is 0 Å². The van der Waals surface area contributed by atoms with Gasteiger partial charge in [-0.25, -0.2) is 0 Å². The highest BCUT2D eigenvalue weighted by atomic mass is 32.1. The van der Waals surface area contributed by atoms with Crippen LogP contribution in [-0.4, -0.2) is 21.8 Å². The molecule has 4 nitrogen and oxygen atoms in total. The third kappa shape index (κ3) is 4.06. The maximum absolute atomic E-state index is 5.36. The molecule has 1 aromatic heterocycles. The van der Waals surface area contributed by atoms with E-state index in [2.05, 4.69) is 41.6 Å². The number of H-pyrrole nitrogens is 1. The summed E-state index contributed by atoms with van der Waals surface area (Å²) in [6, 6.07) is 0.477. The number of hydrogen-bond acceptors (Lipinski definition) is 2. The van der Waals surface area contributed by atoms with Gasteiger partial charge in [-0.3, -0.25) is 5.43 Å². The lowest BCUT2D eigenvalue weighted by Gasteiger charge is -2.30. The van der Waals surface area contributed by atoms with Crippen molar-refractivity contribution in [3.8, 4) is 0 Å². The van der Waals surface area contributed by atoms with Gasteiger partial charge in [-0.1, -0.05) is 19.8 Å². The number of nitrogens with zero attached hydrogens (tertiary/aromatic N) is 1. The molecule has 1 fully saturated rings. The molecule has 0 saturated heterocycles. The highest BCUT2D eigenvalue weighted by molar-refractivity contribution is 7.80. The van der Waals surface area contributed by atoms with Gasteiger partial charge >= 0.3 is 0 Å². The second-order valence-corrected chi connectivity index (χ2v) is 6.53. The fraction of sp³-hybridized carbons (Fsp3) is 0.625. The summed E-state index contributed by atoms with van der Waals surface area (Å²) in [5, 5.41) is 8.45. The minimum absolute atomic E-state index is 0.477. The Morgan fingerprint density at radius 1 is 1.33 bits per heavy atom. The summed E-state index contributed by atoms with van der Waals surface area (Å²) in [5.41, 5.74) is 7.44. The van der Waals surface area contributed by atoms with Crippen molar-refractivity contribution in [3.05, 3.63) is 23.0 Å². The lowest BCUT2D eigenvalue weighted by molar-refractivity contribution is 0.308. The normalized spacial score (nSPS) is 23.0. The lowest BCUT2D eigenvalue weighted by Crippen LogP contribution is -2.44. The monoisotopic (exact) mass is 306 g/mol. The van der Waals surface area contributed by atoms with E-state index < -0.39 is 0 Å². The van der Waals surface area contributed by atoms with Gasteiger partial charge in [0.2, 0.25) is 0 Å². The van der Waals surface area contributed by atoms with E-state index in [0.29, 0.717) is 17.1 Å². The number of rotatable bonds is 3. The fourth-order valence-corrected chi connectivity index (χ4v) is 3.33. The van der Waals surface area contributed by atoms with E-state index in [0.717, 1.165) is 17.0 Å². The fourth-order valence-electron chi connectivity index (χ4n) is 3.14. The molecule has 1 saturated carbocycles. The first-order chi connectivity index (χ1) is 9.99. The number of nitrogens with one attached hydrogen (secondary N) is 3. The molecule has 0 aliphatic heterocycles. The number of aromatic nitrogens is 1. The van der Waals surface area contributed by atoms with Crippen LogP contribution in [0.4, 0.5) is 0 Å². The van der Waals surface area contributed by atoms with Crippen LogP contribution in [0.2, 0.25) is 0 Å². The Bertz CT molecular complexity index is 513. The zero-order valence-corrected chi connectivity index (χ0v) is 14.2. The predicted octanol–water partition coefficient (Wildman–Crippen LogP) is 3.40. The predicted molar refractivity (Wildman–Crippen MR) is 92.8 cm³/mol. The first kappa shape index (κ1) is 16.0. The van der Waals surface area contributed by atoms with E-state index in [1.165, 1.54) is 31.2 Å². The van der Waals surface area contributed by atoms with Gasteiger partial charge in [-0.15, -0.1) is 0 Å². The zero-order valence-electron chi connectivity index (χ0n) is 13.4. The van der Waals surface area contributed by atoms with Crippen molar-refractivity contribution in [2.24, 2.45) is 11.0 Å². The number of hydrogen-bond donors (Lipinski definition) is 3. The summed E-state index contributed by atoms with van der Waals surface area (Å²) in [5.74, 6) is 0.678. The molecular weight excluding hydrogens is 280 g/mol. The molecule has 0 bridgehead atoms. The molecule has 1 aromatic rings. The van der Waals surface area contributed by atoms with Crippen LogP contribution in [0.1, 0.15) is 56.4 Å². The van der Waals surface area contributed by atoms with Gasteiger partial charge in [0, 0.05) is 23.5 Å². The van der Waals surface area contributed by atoms with E-state index in [4.69, 9.17) is 12.2 Å². The Labute approximate surface area is 132 Å². The van der Waals surface area contributed by atoms with Crippen molar-refractivity contribution >= 4 is 23.0 Å². The van der Waals surface area contributed by atoms with E-state index in [9.17, 15) is 0 Å². The van der Waals surface area contributed by atoms with Crippen LogP contribution >= 0.6 is 12.2 Å². The molecule has 0 aromatic carbocycles. The Morgan fingerprint density at radius 3 is 2.67 bits per heavy atom. The topological polar surface area (TPSA) is 52.2 Å². The summed E-state index contributed by atoms with van der Waals surface area (Å²) >= 11 is 5.36. The van der Waals surface area contributed by atoms with E-state index in [-0.39, 0.29) is 0 Å². The molecule has 1 heterocycles. The lowest BCUT2D eigenvalue weighted by atomic mass is 9.86. The standard InChI is InChI=1S/C16H26N4S/c1-10-7-5-6-8-14(10)18-16(21)20-19-13(4)15-11(2)9-17-12(15)3/h9-10,14,17H,5-8H2,1-4H3,(H2,18,20,21)/b19-13+/t10-,14-/m1/s1. The van der Waals surface area contributed by atoms with Crippen LogP contribution in [0.25, 0.3) is 0 Å². The molecule has 0 spiro atoms. The van der Waals surface area contributed by atoms with Gasteiger partial charge in [0.25, 0.3) is 0 Å². The molecule has 5 heteroatoms. The first-order valence-electron chi connectivity index (χ1n) is 7.74. The second kappa shape index (κ2) is 7.07. The Morgan fingerprint density at radius 2 is 2.05 bits per heavy atom. The minimum atomic E-state index is 0.477. The highest BCUT2D eigenvalue weighted by Gasteiger charge is 2.21. The number of hydrazone groups is 1. The number of aryl methyl sites for hydroxylation is 2. The average Bonchev–Trinajstić information content (AvgIpc) is 2.78. The molecule has 1 aliphatic carbocycles. The summed E-state index contributed by atoms with van der Waals surface area (Å²) in [6.45, 7) is 8.43. The molecule has 21 heavy (non-hydrogen) atoms. The van der Waals surface area contributed by atoms with Crippen molar-refractivity contribution in [2.45, 2.75) is 59.4 Å². The summed E-state index contributed by atoms with van der Waals surface area (Å²) in [6.07, 6.45) is 7.10. The van der Waals surface area contributed by atoms with Crippen molar-refractivity contribution in [1.82, 2.24) is 15.7 Å². The maximum atomic E-state index is 5.36. The molecule has 0 radical (unpaired) electrons. The second-order valence-electron chi connectivity index (χ2n) is 6.12. The van der Waals surface area contributed by atoms with Crippen molar-refractivity contribution in [3.63, 3.8) is 0 Å². The minimum Gasteiger partial charge on any atom is -0.364 e.